The number of carbonyl (C=O) groups excluding carboxylic acids is 1. The van der Waals surface area contributed by atoms with Crippen molar-refractivity contribution in [1.29, 1.82) is 0 Å². The van der Waals surface area contributed by atoms with Crippen LogP contribution in [0.1, 0.15) is 24.0 Å². The van der Waals surface area contributed by atoms with E-state index in [-0.39, 0.29) is 11.8 Å². The van der Waals surface area contributed by atoms with Crippen LogP contribution in [0.3, 0.4) is 0 Å². The highest BCUT2D eigenvalue weighted by Crippen LogP contribution is 2.29. The molecule has 3 aromatic rings. The zero-order valence-electron chi connectivity index (χ0n) is 17.6. The number of ether oxygens (including phenoxy) is 1. The fourth-order valence-electron chi connectivity index (χ4n) is 3.65. The highest BCUT2D eigenvalue weighted by molar-refractivity contribution is 6.30. The number of piperidine rings is 1. The highest BCUT2D eigenvalue weighted by atomic mass is 35.5. The SMILES string of the molecule is Cc1cccc(Oc2cc(N3CCC(C(=O)Nc4ccc(Cl)cc4)CC3)ncn2)c1C. The van der Waals surface area contributed by atoms with Crippen molar-refractivity contribution >= 4 is 29.0 Å². The van der Waals surface area contributed by atoms with E-state index in [9.17, 15) is 4.79 Å². The molecule has 1 N–H and O–H groups in total. The molecule has 6 nitrogen and oxygen atoms in total. The van der Waals surface area contributed by atoms with Crippen LogP contribution in [-0.4, -0.2) is 29.0 Å². The van der Waals surface area contributed by atoms with E-state index in [2.05, 4.69) is 33.2 Å². The Labute approximate surface area is 187 Å². The number of nitrogens with zero attached hydrogens (tertiary/aromatic N) is 3. The first kappa shape index (κ1) is 21.1. The van der Waals surface area contributed by atoms with Crippen LogP contribution >= 0.6 is 11.6 Å². The fourth-order valence-corrected chi connectivity index (χ4v) is 3.78. The van der Waals surface area contributed by atoms with Gasteiger partial charge < -0.3 is 15.0 Å². The van der Waals surface area contributed by atoms with Crippen molar-refractivity contribution in [3.05, 3.63) is 71.0 Å². The third-order valence-electron chi connectivity index (χ3n) is 5.70. The predicted octanol–water partition coefficient (Wildman–Crippen LogP) is 5.39. The van der Waals surface area contributed by atoms with Crippen molar-refractivity contribution in [2.45, 2.75) is 26.7 Å². The molecule has 7 heteroatoms. The number of halogens is 1. The lowest BCUT2D eigenvalue weighted by molar-refractivity contribution is -0.120. The Hall–Kier alpha value is -3.12. The van der Waals surface area contributed by atoms with Crippen molar-refractivity contribution in [2.75, 3.05) is 23.3 Å². The third-order valence-corrected chi connectivity index (χ3v) is 5.95. The smallest absolute Gasteiger partial charge is 0.227 e. The molecular formula is C24H25ClN4O2. The van der Waals surface area contributed by atoms with E-state index >= 15 is 0 Å². The molecule has 160 valence electrons. The molecule has 1 aliphatic heterocycles. The molecule has 1 aromatic heterocycles. The summed E-state index contributed by atoms with van der Waals surface area (Å²) in [6, 6.07) is 15.0. The monoisotopic (exact) mass is 436 g/mol. The summed E-state index contributed by atoms with van der Waals surface area (Å²) in [7, 11) is 0. The van der Waals surface area contributed by atoms with Gasteiger partial charge in [-0.2, -0.15) is 0 Å². The van der Waals surface area contributed by atoms with Crippen LogP contribution in [-0.2, 0) is 4.79 Å². The van der Waals surface area contributed by atoms with E-state index in [1.54, 1.807) is 12.1 Å². The number of benzene rings is 2. The van der Waals surface area contributed by atoms with Crippen LogP contribution < -0.4 is 15.0 Å². The number of aromatic nitrogens is 2. The normalized spacial score (nSPS) is 14.4. The van der Waals surface area contributed by atoms with E-state index in [0.29, 0.717) is 10.9 Å². The Morgan fingerprint density at radius 3 is 2.58 bits per heavy atom. The quantitative estimate of drug-likeness (QED) is 0.580. The fraction of sp³-hybridized carbons (Fsp3) is 0.292. The van der Waals surface area contributed by atoms with Crippen LogP contribution in [0.2, 0.25) is 5.02 Å². The van der Waals surface area contributed by atoms with Gasteiger partial charge in [0.25, 0.3) is 0 Å². The Morgan fingerprint density at radius 2 is 1.84 bits per heavy atom. The van der Waals surface area contributed by atoms with Crippen molar-refractivity contribution < 1.29 is 9.53 Å². The summed E-state index contributed by atoms with van der Waals surface area (Å²) in [5.41, 5.74) is 3.03. The molecule has 0 saturated carbocycles. The van der Waals surface area contributed by atoms with Gasteiger partial charge in [-0.25, -0.2) is 9.97 Å². The van der Waals surface area contributed by atoms with Crippen molar-refractivity contribution in [3.63, 3.8) is 0 Å². The molecule has 1 fully saturated rings. The van der Waals surface area contributed by atoms with E-state index in [1.807, 2.05) is 37.3 Å². The van der Waals surface area contributed by atoms with E-state index in [1.165, 1.54) is 11.9 Å². The molecule has 0 radical (unpaired) electrons. The minimum atomic E-state index is -0.0283. The largest absolute Gasteiger partial charge is 0.439 e. The van der Waals surface area contributed by atoms with Gasteiger partial charge in [-0.05, 0) is 68.1 Å². The number of aryl methyl sites for hydroxylation is 1. The Kier molecular flexibility index (Phi) is 6.37. The van der Waals surface area contributed by atoms with Crippen LogP contribution in [0.15, 0.2) is 54.9 Å². The number of anilines is 2. The van der Waals surface area contributed by atoms with Gasteiger partial charge in [-0.15, -0.1) is 0 Å². The van der Waals surface area contributed by atoms with Gasteiger partial charge in [0.15, 0.2) is 0 Å². The lowest BCUT2D eigenvalue weighted by atomic mass is 9.96. The summed E-state index contributed by atoms with van der Waals surface area (Å²) >= 11 is 5.90. The van der Waals surface area contributed by atoms with Gasteiger partial charge in [0.2, 0.25) is 11.8 Å². The molecule has 0 bridgehead atoms. The summed E-state index contributed by atoms with van der Waals surface area (Å²) in [5, 5.41) is 3.63. The number of amides is 1. The molecule has 0 spiro atoms. The lowest BCUT2D eigenvalue weighted by Gasteiger charge is -2.32. The van der Waals surface area contributed by atoms with Gasteiger partial charge >= 0.3 is 0 Å². The summed E-state index contributed by atoms with van der Waals surface area (Å²) in [6.45, 7) is 5.59. The zero-order valence-corrected chi connectivity index (χ0v) is 18.4. The van der Waals surface area contributed by atoms with Crippen molar-refractivity contribution in [1.82, 2.24) is 9.97 Å². The minimum Gasteiger partial charge on any atom is -0.439 e. The van der Waals surface area contributed by atoms with Crippen LogP contribution in [0.25, 0.3) is 0 Å². The zero-order chi connectivity index (χ0) is 21.8. The van der Waals surface area contributed by atoms with Gasteiger partial charge in [-0.3, -0.25) is 4.79 Å². The third kappa shape index (κ3) is 5.14. The molecule has 31 heavy (non-hydrogen) atoms. The molecule has 2 aromatic carbocycles. The van der Waals surface area contributed by atoms with Crippen molar-refractivity contribution in [3.8, 4) is 11.6 Å². The van der Waals surface area contributed by atoms with E-state index in [0.717, 1.165) is 48.7 Å². The molecule has 1 saturated heterocycles. The molecule has 2 heterocycles. The molecule has 0 atom stereocenters. The molecule has 1 aliphatic rings. The second kappa shape index (κ2) is 9.35. The highest BCUT2D eigenvalue weighted by Gasteiger charge is 2.26. The Bertz CT molecular complexity index is 1060. The maximum atomic E-state index is 12.6. The first-order valence-corrected chi connectivity index (χ1v) is 10.7. The van der Waals surface area contributed by atoms with Gasteiger partial charge in [0.05, 0.1) is 0 Å². The number of nitrogens with one attached hydrogen (secondary N) is 1. The van der Waals surface area contributed by atoms with Crippen LogP contribution in [0, 0.1) is 19.8 Å². The average molecular weight is 437 g/mol. The first-order chi connectivity index (χ1) is 15.0. The number of hydrogen-bond donors (Lipinski definition) is 1. The van der Waals surface area contributed by atoms with Crippen LogP contribution in [0.4, 0.5) is 11.5 Å². The topological polar surface area (TPSA) is 67.3 Å². The number of carbonyl (C=O) groups is 1. The standard InChI is InChI=1S/C24H25ClN4O2/c1-16-4-3-5-21(17(16)2)31-23-14-22(26-15-27-23)29-12-10-18(11-13-29)24(30)28-20-8-6-19(25)7-9-20/h3-9,14-15,18H,10-13H2,1-2H3,(H,28,30). The summed E-state index contributed by atoms with van der Waals surface area (Å²) in [6.07, 6.45) is 3.04. The maximum Gasteiger partial charge on any atom is 0.227 e. The van der Waals surface area contributed by atoms with Gasteiger partial charge in [0.1, 0.15) is 17.9 Å². The van der Waals surface area contributed by atoms with Gasteiger partial charge in [-0.1, -0.05) is 23.7 Å². The second-order valence-electron chi connectivity index (χ2n) is 7.77. The van der Waals surface area contributed by atoms with E-state index in [4.69, 9.17) is 16.3 Å². The first-order valence-electron chi connectivity index (χ1n) is 10.4. The molecule has 0 unspecified atom stereocenters. The second-order valence-corrected chi connectivity index (χ2v) is 8.21. The van der Waals surface area contributed by atoms with Crippen LogP contribution in [0.5, 0.6) is 11.6 Å². The van der Waals surface area contributed by atoms with Gasteiger partial charge in [0, 0.05) is 35.8 Å². The summed E-state index contributed by atoms with van der Waals surface area (Å²) in [4.78, 5) is 23.4. The number of hydrogen-bond acceptors (Lipinski definition) is 5. The Morgan fingerprint density at radius 1 is 1.10 bits per heavy atom. The summed E-state index contributed by atoms with van der Waals surface area (Å²) in [5.74, 6) is 2.14. The predicted molar refractivity (Wildman–Crippen MR) is 123 cm³/mol. The van der Waals surface area contributed by atoms with Crippen molar-refractivity contribution in [2.24, 2.45) is 5.92 Å². The molecule has 4 rings (SSSR count). The molecule has 0 aliphatic carbocycles. The lowest BCUT2D eigenvalue weighted by Crippen LogP contribution is -2.38. The summed E-state index contributed by atoms with van der Waals surface area (Å²) < 4.78 is 6.00. The Balaban J connectivity index is 1.36. The number of rotatable bonds is 5. The van der Waals surface area contributed by atoms with E-state index < -0.39 is 0 Å². The molecule has 1 amide bonds. The maximum absolute atomic E-state index is 12.6. The minimum absolute atomic E-state index is 0.0283. The molecular weight excluding hydrogens is 412 g/mol. The average Bonchev–Trinajstić information content (AvgIpc) is 2.79.